The summed E-state index contributed by atoms with van der Waals surface area (Å²) >= 11 is 0. The minimum Gasteiger partial charge on any atom is -0.493 e. The third-order valence-corrected chi connectivity index (χ3v) is 3.95. The number of carbonyl (C=O) groups is 1. The van der Waals surface area contributed by atoms with Gasteiger partial charge in [-0.2, -0.15) is 0 Å². The zero-order valence-electron chi connectivity index (χ0n) is 15.5. The molecule has 0 spiro atoms. The average Bonchev–Trinajstić information content (AvgIpc) is 3.19. The van der Waals surface area contributed by atoms with Crippen LogP contribution in [0.4, 0.5) is 4.39 Å². The average molecular weight is 387 g/mol. The summed E-state index contributed by atoms with van der Waals surface area (Å²) in [5.41, 5.74) is 0.837. The topological polar surface area (TPSA) is 80.0 Å². The molecule has 8 heteroatoms. The number of ether oxygens (including phenoxy) is 4. The fourth-order valence-electron chi connectivity index (χ4n) is 2.59. The molecule has 0 N–H and O–H groups in total. The molecule has 7 nitrogen and oxygen atoms in total. The van der Waals surface area contributed by atoms with E-state index >= 15 is 0 Å². The second-order valence-electron chi connectivity index (χ2n) is 5.65. The van der Waals surface area contributed by atoms with Gasteiger partial charge in [0.2, 0.25) is 5.75 Å². The number of aromatic nitrogens is 1. The van der Waals surface area contributed by atoms with Gasteiger partial charge in [0.1, 0.15) is 18.1 Å². The minimum atomic E-state index is -0.616. The van der Waals surface area contributed by atoms with Gasteiger partial charge in [0.15, 0.2) is 17.3 Å². The van der Waals surface area contributed by atoms with Crippen molar-refractivity contribution >= 4 is 5.97 Å². The van der Waals surface area contributed by atoms with Crippen LogP contribution >= 0.6 is 0 Å². The molecule has 0 unspecified atom stereocenters. The number of halogens is 1. The molecule has 0 radical (unpaired) electrons. The number of benzene rings is 2. The Balaban J connectivity index is 1.74. The number of hydrogen-bond acceptors (Lipinski definition) is 7. The van der Waals surface area contributed by atoms with E-state index in [-0.39, 0.29) is 23.5 Å². The highest BCUT2D eigenvalue weighted by atomic mass is 19.1. The van der Waals surface area contributed by atoms with Crippen molar-refractivity contribution in [3.63, 3.8) is 0 Å². The van der Waals surface area contributed by atoms with E-state index in [0.29, 0.717) is 22.9 Å². The Morgan fingerprint density at radius 3 is 2.32 bits per heavy atom. The number of methoxy groups -OCH3 is 3. The molecule has 3 aromatic rings. The van der Waals surface area contributed by atoms with E-state index in [9.17, 15) is 9.18 Å². The van der Waals surface area contributed by atoms with E-state index < -0.39 is 11.8 Å². The Labute approximate surface area is 160 Å². The van der Waals surface area contributed by atoms with Crippen LogP contribution < -0.4 is 14.2 Å². The standard InChI is InChI=1S/C20H18FNO6/c1-24-17-8-12(9-18(25-2)19(17)26-3)20(23)27-11-13-10-16(28-22-13)14-6-4-5-7-15(14)21/h4-10H,11H2,1-3H3. The van der Waals surface area contributed by atoms with E-state index in [1.54, 1.807) is 18.2 Å². The lowest BCUT2D eigenvalue weighted by Gasteiger charge is -2.13. The lowest BCUT2D eigenvalue weighted by molar-refractivity contribution is 0.0463. The first-order valence-corrected chi connectivity index (χ1v) is 8.25. The maximum absolute atomic E-state index is 13.8. The molecule has 0 aliphatic heterocycles. The summed E-state index contributed by atoms with van der Waals surface area (Å²) in [5, 5.41) is 3.81. The van der Waals surface area contributed by atoms with Crippen LogP contribution in [-0.4, -0.2) is 32.5 Å². The zero-order chi connectivity index (χ0) is 20.1. The number of hydrogen-bond donors (Lipinski definition) is 0. The lowest BCUT2D eigenvalue weighted by Crippen LogP contribution is -2.07. The van der Waals surface area contributed by atoms with Gasteiger partial charge in [-0.05, 0) is 24.3 Å². The van der Waals surface area contributed by atoms with Gasteiger partial charge in [0, 0.05) is 6.07 Å². The molecule has 0 atom stereocenters. The molecule has 2 aromatic carbocycles. The second-order valence-corrected chi connectivity index (χ2v) is 5.65. The van der Waals surface area contributed by atoms with Gasteiger partial charge in [0.25, 0.3) is 0 Å². The summed E-state index contributed by atoms with van der Waals surface area (Å²) in [4.78, 5) is 12.4. The van der Waals surface area contributed by atoms with Crippen LogP contribution in [0.5, 0.6) is 17.2 Å². The predicted molar refractivity (Wildman–Crippen MR) is 97.1 cm³/mol. The van der Waals surface area contributed by atoms with Crippen LogP contribution in [-0.2, 0) is 11.3 Å². The minimum absolute atomic E-state index is 0.145. The molecule has 3 rings (SSSR count). The number of carbonyl (C=O) groups excluding carboxylic acids is 1. The molecule has 0 aliphatic rings. The van der Waals surface area contributed by atoms with Crippen molar-refractivity contribution in [2.75, 3.05) is 21.3 Å². The summed E-state index contributed by atoms with van der Waals surface area (Å²) in [5.74, 6) is 0.230. The smallest absolute Gasteiger partial charge is 0.338 e. The van der Waals surface area contributed by atoms with E-state index in [1.807, 2.05) is 0 Å². The van der Waals surface area contributed by atoms with Crippen molar-refractivity contribution in [3.8, 4) is 28.6 Å². The van der Waals surface area contributed by atoms with E-state index in [1.165, 1.54) is 45.6 Å². The van der Waals surface area contributed by atoms with Crippen LogP contribution in [0.2, 0.25) is 0 Å². The van der Waals surface area contributed by atoms with Gasteiger partial charge in [-0.25, -0.2) is 9.18 Å². The Kier molecular flexibility index (Phi) is 5.78. The molecule has 0 bridgehead atoms. The fraction of sp³-hybridized carbons (Fsp3) is 0.200. The van der Waals surface area contributed by atoms with Crippen molar-refractivity contribution in [1.82, 2.24) is 5.16 Å². The molecule has 28 heavy (non-hydrogen) atoms. The van der Waals surface area contributed by atoms with Crippen LogP contribution in [0.1, 0.15) is 16.1 Å². The molecule has 0 aliphatic carbocycles. The first-order chi connectivity index (χ1) is 13.6. The van der Waals surface area contributed by atoms with Crippen molar-refractivity contribution in [2.24, 2.45) is 0 Å². The normalized spacial score (nSPS) is 10.4. The summed E-state index contributed by atoms with van der Waals surface area (Å²) in [7, 11) is 4.37. The summed E-state index contributed by atoms with van der Waals surface area (Å²) < 4.78 is 39.9. The molecule has 0 saturated heterocycles. The van der Waals surface area contributed by atoms with Gasteiger partial charge in [-0.15, -0.1) is 0 Å². The van der Waals surface area contributed by atoms with Gasteiger partial charge in [0.05, 0.1) is 32.5 Å². The van der Waals surface area contributed by atoms with Crippen molar-refractivity contribution in [1.29, 1.82) is 0 Å². The molecule has 1 heterocycles. The third-order valence-electron chi connectivity index (χ3n) is 3.95. The Morgan fingerprint density at radius 2 is 1.71 bits per heavy atom. The largest absolute Gasteiger partial charge is 0.493 e. The van der Waals surface area contributed by atoms with Gasteiger partial charge in [-0.3, -0.25) is 0 Å². The maximum Gasteiger partial charge on any atom is 0.338 e. The monoisotopic (exact) mass is 387 g/mol. The Bertz CT molecular complexity index is 959. The summed E-state index contributed by atoms with van der Waals surface area (Å²) in [6.07, 6.45) is 0. The SMILES string of the molecule is COc1cc(C(=O)OCc2cc(-c3ccccc3F)on2)cc(OC)c1OC. The quantitative estimate of drug-likeness (QED) is 0.570. The molecule has 1 aromatic heterocycles. The highest BCUT2D eigenvalue weighted by Crippen LogP contribution is 2.38. The van der Waals surface area contributed by atoms with Crippen molar-refractivity contribution in [3.05, 3.63) is 59.5 Å². The molecular weight excluding hydrogens is 369 g/mol. The maximum atomic E-state index is 13.8. The van der Waals surface area contributed by atoms with Gasteiger partial charge < -0.3 is 23.5 Å². The van der Waals surface area contributed by atoms with Gasteiger partial charge >= 0.3 is 5.97 Å². The number of rotatable bonds is 7. The lowest BCUT2D eigenvalue weighted by atomic mass is 10.1. The van der Waals surface area contributed by atoms with Gasteiger partial charge in [-0.1, -0.05) is 17.3 Å². The van der Waals surface area contributed by atoms with Crippen molar-refractivity contribution < 1.29 is 32.7 Å². The second kappa shape index (κ2) is 8.43. The highest BCUT2D eigenvalue weighted by molar-refractivity contribution is 5.91. The summed E-state index contributed by atoms with van der Waals surface area (Å²) in [6.45, 7) is -0.145. The molecule has 0 amide bonds. The number of nitrogens with zero attached hydrogens (tertiary/aromatic N) is 1. The molecule has 0 saturated carbocycles. The van der Waals surface area contributed by atoms with Crippen LogP contribution in [0.3, 0.4) is 0 Å². The Hall–Kier alpha value is -3.55. The first kappa shape index (κ1) is 19.2. The van der Waals surface area contributed by atoms with Crippen LogP contribution in [0.25, 0.3) is 11.3 Å². The van der Waals surface area contributed by atoms with E-state index in [0.717, 1.165) is 0 Å². The predicted octanol–water partition coefficient (Wildman–Crippen LogP) is 3.86. The van der Waals surface area contributed by atoms with E-state index in [4.69, 9.17) is 23.5 Å². The first-order valence-electron chi connectivity index (χ1n) is 8.25. The molecular formula is C20H18FNO6. The van der Waals surface area contributed by atoms with Crippen LogP contribution in [0, 0.1) is 5.82 Å². The highest BCUT2D eigenvalue weighted by Gasteiger charge is 2.19. The number of esters is 1. The third kappa shape index (κ3) is 3.90. The summed E-state index contributed by atoms with van der Waals surface area (Å²) in [6, 6.07) is 10.6. The molecule has 146 valence electrons. The zero-order valence-corrected chi connectivity index (χ0v) is 15.5. The fourth-order valence-corrected chi connectivity index (χ4v) is 2.59. The van der Waals surface area contributed by atoms with Crippen LogP contribution in [0.15, 0.2) is 47.0 Å². The van der Waals surface area contributed by atoms with Crippen molar-refractivity contribution in [2.45, 2.75) is 6.61 Å². The Morgan fingerprint density at radius 1 is 1.04 bits per heavy atom. The van der Waals surface area contributed by atoms with E-state index in [2.05, 4.69) is 5.16 Å². The molecule has 0 fully saturated rings.